The monoisotopic (exact) mass is 373 g/mol. The highest BCUT2D eigenvalue weighted by Crippen LogP contribution is 2.37. The summed E-state index contributed by atoms with van der Waals surface area (Å²) >= 11 is 0. The number of phenolic OH excluding ortho intramolecular Hbond substituents is 1. The second-order valence-electron chi connectivity index (χ2n) is 6.14. The molecule has 28 heavy (non-hydrogen) atoms. The van der Waals surface area contributed by atoms with Gasteiger partial charge in [-0.25, -0.2) is 15.0 Å². The largest absolute Gasteiger partial charge is 0.504 e. The van der Waals surface area contributed by atoms with Crippen LogP contribution in [-0.4, -0.2) is 38.7 Å². The Bertz CT molecular complexity index is 1120. The van der Waals surface area contributed by atoms with E-state index in [4.69, 9.17) is 9.72 Å². The van der Waals surface area contributed by atoms with E-state index in [1.165, 1.54) is 7.11 Å². The summed E-state index contributed by atoms with van der Waals surface area (Å²) < 4.78 is 5.25. The summed E-state index contributed by atoms with van der Waals surface area (Å²) in [6, 6.07) is 11.0. The molecule has 7 nitrogen and oxygen atoms in total. The molecule has 1 aromatic carbocycles. The summed E-state index contributed by atoms with van der Waals surface area (Å²) in [4.78, 5) is 17.9. The number of anilines is 1. The van der Waals surface area contributed by atoms with E-state index in [1.54, 1.807) is 30.7 Å². The first-order valence-corrected chi connectivity index (χ1v) is 8.89. The molecular weight excluding hydrogens is 354 g/mol. The lowest BCUT2D eigenvalue weighted by molar-refractivity contribution is 0.374. The summed E-state index contributed by atoms with van der Waals surface area (Å²) in [5, 5.41) is 14.1. The number of ether oxygens (including phenoxy) is 1. The summed E-state index contributed by atoms with van der Waals surface area (Å²) in [5.74, 6) is 0.992. The number of benzene rings is 1. The van der Waals surface area contributed by atoms with Gasteiger partial charge < -0.3 is 15.2 Å². The number of phenols is 1. The molecule has 0 saturated carbocycles. The fourth-order valence-corrected chi connectivity index (χ4v) is 3.00. The Morgan fingerprint density at radius 3 is 2.54 bits per heavy atom. The Labute approximate surface area is 162 Å². The van der Waals surface area contributed by atoms with Crippen LogP contribution in [0.4, 0.5) is 5.95 Å². The fraction of sp³-hybridized carbons (Fsp3) is 0.143. The van der Waals surface area contributed by atoms with Crippen LogP contribution in [-0.2, 0) is 0 Å². The Balaban J connectivity index is 1.93. The van der Waals surface area contributed by atoms with Gasteiger partial charge >= 0.3 is 0 Å². The molecule has 140 valence electrons. The topological polar surface area (TPSA) is 93.1 Å². The van der Waals surface area contributed by atoms with Crippen molar-refractivity contribution >= 4 is 16.9 Å². The number of methoxy groups -OCH3 is 1. The third-order valence-corrected chi connectivity index (χ3v) is 4.33. The molecule has 3 aromatic heterocycles. The molecular formula is C21H19N5O2. The molecule has 0 spiro atoms. The molecule has 4 aromatic rings. The number of aromatic nitrogens is 4. The van der Waals surface area contributed by atoms with E-state index < -0.39 is 0 Å². The molecule has 0 radical (unpaired) electrons. The Hall–Kier alpha value is -3.74. The van der Waals surface area contributed by atoms with Crippen LogP contribution < -0.4 is 10.1 Å². The minimum Gasteiger partial charge on any atom is -0.504 e. The maximum atomic E-state index is 10.2. The molecule has 0 saturated heterocycles. The zero-order valence-electron chi connectivity index (χ0n) is 15.5. The lowest BCUT2D eigenvalue weighted by Gasteiger charge is -2.12. The number of hydrogen-bond donors (Lipinski definition) is 2. The van der Waals surface area contributed by atoms with E-state index in [2.05, 4.69) is 20.3 Å². The molecule has 0 aliphatic rings. The zero-order valence-corrected chi connectivity index (χ0v) is 15.5. The van der Waals surface area contributed by atoms with Gasteiger partial charge in [0.1, 0.15) is 0 Å². The van der Waals surface area contributed by atoms with Crippen molar-refractivity contribution in [2.75, 3.05) is 19.0 Å². The van der Waals surface area contributed by atoms with Gasteiger partial charge in [-0.2, -0.15) is 0 Å². The Morgan fingerprint density at radius 1 is 1.04 bits per heavy atom. The van der Waals surface area contributed by atoms with E-state index >= 15 is 0 Å². The smallest absolute Gasteiger partial charge is 0.222 e. The van der Waals surface area contributed by atoms with Crippen LogP contribution in [0.1, 0.15) is 6.92 Å². The molecule has 0 atom stereocenters. The van der Waals surface area contributed by atoms with E-state index in [9.17, 15) is 5.11 Å². The molecule has 7 heteroatoms. The van der Waals surface area contributed by atoms with E-state index in [0.717, 1.165) is 28.8 Å². The molecule has 2 N–H and O–H groups in total. The normalized spacial score (nSPS) is 10.8. The van der Waals surface area contributed by atoms with E-state index in [0.29, 0.717) is 22.9 Å². The summed E-state index contributed by atoms with van der Waals surface area (Å²) in [5.41, 5.74) is 3.82. The highest BCUT2D eigenvalue weighted by molar-refractivity contribution is 5.97. The Morgan fingerprint density at radius 2 is 1.86 bits per heavy atom. The van der Waals surface area contributed by atoms with Crippen molar-refractivity contribution < 1.29 is 9.84 Å². The molecule has 4 rings (SSSR count). The number of nitrogens with one attached hydrogen (secondary N) is 1. The summed E-state index contributed by atoms with van der Waals surface area (Å²) in [6.07, 6.45) is 5.21. The predicted molar refractivity (Wildman–Crippen MR) is 108 cm³/mol. The van der Waals surface area contributed by atoms with Crippen LogP contribution in [0.5, 0.6) is 11.5 Å². The third-order valence-electron chi connectivity index (χ3n) is 4.33. The van der Waals surface area contributed by atoms with Crippen molar-refractivity contribution in [3.63, 3.8) is 0 Å². The van der Waals surface area contributed by atoms with Crippen LogP contribution in [0.2, 0.25) is 0 Å². The first-order valence-electron chi connectivity index (χ1n) is 8.89. The second kappa shape index (κ2) is 7.48. The maximum Gasteiger partial charge on any atom is 0.222 e. The minimum atomic E-state index is 0.0556. The van der Waals surface area contributed by atoms with E-state index in [-0.39, 0.29) is 5.75 Å². The number of pyridine rings is 2. The predicted octanol–water partition coefficient (Wildman–Crippen LogP) is 3.90. The van der Waals surface area contributed by atoms with Gasteiger partial charge in [0.15, 0.2) is 11.5 Å². The van der Waals surface area contributed by atoms with Crippen molar-refractivity contribution in [2.45, 2.75) is 6.92 Å². The van der Waals surface area contributed by atoms with Crippen LogP contribution in [0.25, 0.3) is 33.4 Å². The van der Waals surface area contributed by atoms with Gasteiger partial charge in [0, 0.05) is 47.7 Å². The van der Waals surface area contributed by atoms with Crippen LogP contribution >= 0.6 is 0 Å². The molecule has 0 bridgehead atoms. The van der Waals surface area contributed by atoms with Crippen LogP contribution in [0, 0.1) is 0 Å². The molecule has 0 unspecified atom stereocenters. The number of nitrogens with zero attached hydrogens (tertiary/aromatic N) is 4. The minimum absolute atomic E-state index is 0.0556. The maximum absolute atomic E-state index is 10.2. The van der Waals surface area contributed by atoms with Gasteiger partial charge in [0.25, 0.3) is 0 Å². The van der Waals surface area contributed by atoms with Crippen molar-refractivity contribution in [3.8, 4) is 34.0 Å². The third kappa shape index (κ3) is 3.29. The lowest BCUT2D eigenvalue weighted by Crippen LogP contribution is -2.01. The number of fused-ring (bicyclic) bond motifs is 1. The van der Waals surface area contributed by atoms with E-state index in [1.807, 2.05) is 31.2 Å². The highest BCUT2D eigenvalue weighted by atomic mass is 16.5. The number of rotatable bonds is 5. The van der Waals surface area contributed by atoms with Crippen molar-refractivity contribution in [3.05, 3.63) is 55.0 Å². The van der Waals surface area contributed by atoms with Crippen LogP contribution in [0.3, 0.4) is 0 Å². The van der Waals surface area contributed by atoms with Crippen LogP contribution in [0.15, 0.2) is 55.0 Å². The second-order valence-corrected chi connectivity index (χ2v) is 6.14. The first-order chi connectivity index (χ1) is 13.7. The van der Waals surface area contributed by atoms with Gasteiger partial charge in [-0.1, -0.05) is 6.07 Å². The van der Waals surface area contributed by atoms with Gasteiger partial charge in [0.2, 0.25) is 5.95 Å². The average molecular weight is 373 g/mol. The SMILES string of the molecule is CCNc1ncc(-c2cc(-c3ccccn3)c3cc(O)c(OC)cc3n2)cn1. The average Bonchev–Trinajstić information content (AvgIpc) is 2.74. The standard InChI is InChI=1S/C21H19N5O2/c1-3-22-21-24-11-13(12-25-21)17-8-14(16-6-4-5-7-23-16)15-9-19(27)20(28-2)10-18(15)26-17/h4-12,27H,3H2,1-2H3,(H,22,24,25). The molecule has 0 amide bonds. The molecule has 0 aliphatic carbocycles. The number of hydrogen-bond acceptors (Lipinski definition) is 7. The van der Waals surface area contributed by atoms with Gasteiger partial charge in [-0.05, 0) is 31.2 Å². The molecule has 3 heterocycles. The van der Waals surface area contributed by atoms with Gasteiger partial charge in [-0.3, -0.25) is 4.98 Å². The zero-order chi connectivity index (χ0) is 19.5. The summed E-state index contributed by atoms with van der Waals surface area (Å²) in [7, 11) is 1.51. The Kier molecular flexibility index (Phi) is 4.72. The van der Waals surface area contributed by atoms with Gasteiger partial charge in [0.05, 0.1) is 24.0 Å². The van der Waals surface area contributed by atoms with Gasteiger partial charge in [-0.15, -0.1) is 0 Å². The first kappa shape index (κ1) is 17.7. The number of aromatic hydroxyl groups is 1. The van der Waals surface area contributed by atoms with Crippen molar-refractivity contribution in [1.29, 1.82) is 0 Å². The molecule has 0 fully saturated rings. The van der Waals surface area contributed by atoms with Crippen molar-refractivity contribution in [2.24, 2.45) is 0 Å². The quantitative estimate of drug-likeness (QED) is 0.548. The molecule has 0 aliphatic heterocycles. The van der Waals surface area contributed by atoms with Crippen molar-refractivity contribution in [1.82, 2.24) is 19.9 Å². The fourth-order valence-electron chi connectivity index (χ4n) is 3.00. The highest BCUT2D eigenvalue weighted by Gasteiger charge is 2.14. The lowest BCUT2D eigenvalue weighted by atomic mass is 10.0. The summed E-state index contributed by atoms with van der Waals surface area (Å²) in [6.45, 7) is 2.74.